The third-order valence-electron chi connectivity index (χ3n) is 3.48. The van der Waals surface area contributed by atoms with Crippen molar-refractivity contribution < 1.29 is 27.1 Å². The van der Waals surface area contributed by atoms with Gasteiger partial charge in [0, 0.05) is 5.56 Å². The molecule has 0 fully saturated rings. The Morgan fingerprint density at radius 3 is 2.60 bits per heavy atom. The summed E-state index contributed by atoms with van der Waals surface area (Å²) < 4.78 is 48.3. The molecular formula is C17H10F3NO4. The lowest BCUT2D eigenvalue weighted by Gasteiger charge is -2.08. The third-order valence-corrected chi connectivity index (χ3v) is 3.48. The minimum Gasteiger partial charge on any atom is -0.465 e. The number of methoxy groups -OCH3 is 1. The summed E-state index contributed by atoms with van der Waals surface area (Å²) in [5.41, 5.74) is -1.31. The first-order chi connectivity index (χ1) is 11.8. The second kappa shape index (κ2) is 6.04. The Morgan fingerprint density at radius 1 is 1.16 bits per heavy atom. The fourth-order valence-electron chi connectivity index (χ4n) is 2.26. The van der Waals surface area contributed by atoms with E-state index in [9.17, 15) is 22.8 Å². The van der Waals surface area contributed by atoms with Crippen molar-refractivity contribution in [1.82, 2.24) is 4.98 Å². The molecule has 0 aliphatic carbocycles. The quantitative estimate of drug-likeness (QED) is 0.661. The number of hydrogen-bond donors (Lipinski definition) is 0. The smallest absolute Gasteiger partial charge is 0.416 e. The van der Waals surface area contributed by atoms with Crippen LogP contribution in [0.4, 0.5) is 13.2 Å². The number of benzene rings is 2. The van der Waals surface area contributed by atoms with Crippen molar-refractivity contribution in [3.63, 3.8) is 0 Å². The zero-order valence-corrected chi connectivity index (χ0v) is 12.8. The molecule has 0 unspecified atom stereocenters. The van der Waals surface area contributed by atoms with Gasteiger partial charge in [0.25, 0.3) is 5.56 Å². The number of alkyl halides is 3. The molecule has 0 bridgehead atoms. The molecule has 1 aromatic heterocycles. The van der Waals surface area contributed by atoms with Crippen LogP contribution in [0.5, 0.6) is 0 Å². The lowest BCUT2D eigenvalue weighted by Crippen LogP contribution is -2.10. The molecule has 3 aromatic rings. The topological polar surface area (TPSA) is 69.4 Å². The van der Waals surface area contributed by atoms with E-state index >= 15 is 0 Å². The van der Waals surface area contributed by atoms with Crippen molar-refractivity contribution in [2.24, 2.45) is 0 Å². The van der Waals surface area contributed by atoms with Gasteiger partial charge in [0.2, 0.25) is 5.89 Å². The van der Waals surface area contributed by atoms with Crippen LogP contribution in [0.1, 0.15) is 15.9 Å². The molecule has 1 heterocycles. The first-order valence-corrected chi connectivity index (χ1v) is 7.00. The number of halogens is 3. The van der Waals surface area contributed by atoms with Crippen molar-refractivity contribution >= 4 is 16.9 Å². The standard InChI is InChI=1S/C17H10F3NO4/c1-24-16(23)10-4-2-3-9(7-10)15-21-14(22)12-8-11(17(18,19)20)5-6-13(12)25-15/h2-8H,1H3. The van der Waals surface area contributed by atoms with Gasteiger partial charge in [-0.3, -0.25) is 4.79 Å². The van der Waals surface area contributed by atoms with Gasteiger partial charge in [-0.25, -0.2) is 4.79 Å². The molecule has 3 rings (SSSR count). The van der Waals surface area contributed by atoms with Gasteiger partial charge in [-0.05, 0) is 36.4 Å². The third kappa shape index (κ3) is 3.23. The highest BCUT2D eigenvalue weighted by Gasteiger charge is 2.31. The maximum Gasteiger partial charge on any atom is 0.416 e. The molecule has 0 amide bonds. The fraction of sp³-hybridized carbons (Fsp3) is 0.118. The lowest BCUT2D eigenvalue weighted by atomic mass is 10.1. The highest BCUT2D eigenvalue weighted by molar-refractivity contribution is 5.90. The van der Waals surface area contributed by atoms with E-state index in [1.54, 1.807) is 12.1 Å². The normalized spacial score (nSPS) is 11.5. The van der Waals surface area contributed by atoms with Gasteiger partial charge in [-0.1, -0.05) is 6.07 Å². The van der Waals surface area contributed by atoms with Crippen LogP contribution in [0.3, 0.4) is 0 Å². The van der Waals surface area contributed by atoms with Crippen LogP contribution in [0.2, 0.25) is 0 Å². The highest BCUT2D eigenvalue weighted by atomic mass is 19.4. The number of carbonyl (C=O) groups is 1. The summed E-state index contributed by atoms with van der Waals surface area (Å²) in [4.78, 5) is 27.3. The van der Waals surface area contributed by atoms with E-state index in [1.165, 1.54) is 19.2 Å². The van der Waals surface area contributed by atoms with Crippen LogP contribution < -0.4 is 5.56 Å². The van der Waals surface area contributed by atoms with E-state index in [2.05, 4.69) is 9.72 Å². The number of carbonyl (C=O) groups excluding carboxylic acids is 1. The van der Waals surface area contributed by atoms with Crippen LogP contribution in [-0.2, 0) is 10.9 Å². The molecule has 2 aromatic carbocycles. The monoisotopic (exact) mass is 349 g/mol. The van der Waals surface area contributed by atoms with Gasteiger partial charge >= 0.3 is 12.1 Å². The number of ether oxygens (including phenoxy) is 1. The molecule has 0 saturated carbocycles. The average molecular weight is 349 g/mol. The lowest BCUT2D eigenvalue weighted by molar-refractivity contribution is -0.137. The summed E-state index contributed by atoms with van der Waals surface area (Å²) in [5.74, 6) is -0.692. The Kier molecular flexibility index (Phi) is 4.03. The largest absolute Gasteiger partial charge is 0.465 e. The van der Waals surface area contributed by atoms with Crippen molar-refractivity contribution in [2.75, 3.05) is 7.11 Å². The molecule has 0 saturated heterocycles. The van der Waals surface area contributed by atoms with Gasteiger partial charge in [-0.15, -0.1) is 0 Å². The molecule has 25 heavy (non-hydrogen) atoms. The van der Waals surface area contributed by atoms with E-state index in [-0.39, 0.29) is 22.4 Å². The second-order valence-corrected chi connectivity index (χ2v) is 5.11. The number of esters is 1. The van der Waals surface area contributed by atoms with Gasteiger partial charge in [0.1, 0.15) is 5.58 Å². The van der Waals surface area contributed by atoms with E-state index < -0.39 is 23.3 Å². The van der Waals surface area contributed by atoms with Crippen LogP contribution in [0.15, 0.2) is 51.7 Å². The first kappa shape index (κ1) is 16.7. The fourth-order valence-corrected chi connectivity index (χ4v) is 2.26. The summed E-state index contributed by atoms with van der Waals surface area (Å²) >= 11 is 0. The minimum atomic E-state index is -4.58. The van der Waals surface area contributed by atoms with Crippen molar-refractivity contribution in [3.05, 3.63) is 63.9 Å². The molecule has 5 nitrogen and oxygen atoms in total. The van der Waals surface area contributed by atoms with Crippen molar-refractivity contribution in [1.29, 1.82) is 0 Å². The average Bonchev–Trinajstić information content (AvgIpc) is 2.60. The van der Waals surface area contributed by atoms with Crippen LogP contribution in [0, 0.1) is 0 Å². The van der Waals surface area contributed by atoms with Gasteiger partial charge < -0.3 is 9.15 Å². The van der Waals surface area contributed by atoms with E-state index in [0.717, 1.165) is 12.1 Å². The van der Waals surface area contributed by atoms with E-state index in [4.69, 9.17) is 4.42 Å². The number of hydrogen-bond acceptors (Lipinski definition) is 5. The van der Waals surface area contributed by atoms with Gasteiger partial charge in [0.15, 0.2) is 0 Å². The maximum absolute atomic E-state index is 12.7. The van der Waals surface area contributed by atoms with Crippen LogP contribution in [-0.4, -0.2) is 18.1 Å². The number of aromatic nitrogens is 1. The molecule has 0 N–H and O–H groups in total. The number of rotatable bonds is 2. The Labute approximate surface area is 138 Å². The minimum absolute atomic E-state index is 0.0357. The summed E-state index contributed by atoms with van der Waals surface area (Å²) in [5, 5.41) is -0.275. The Bertz CT molecular complexity index is 1020. The Balaban J connectivity index is 2.13. The molecular weight excluding hydrogens is 339 g/mol. The van der Waals surface area contributed by atoms with Gasteiger partial charge in [-0.2, -0.15) is 18.2 Å². The molecule has 0 aliphatic rings. The Morgan fingerprint density at radius 2 is 1.92 bits per heavy atom. The van der Waals surface area contributed by atoms with E-state index in [0.29, 0.717) is 11.6 Å². The van der Waals surface area contributed by atoms with Crippen molar-refractivity contribution in [2.45, 2.75) is 6.18 Å². The first-order valence-electron chi connectivity index (χ1n) is 7.00. The summed E-state index contributed by atoms with van der Waals surface area (Å²) in [7, 11) is 1.22. The molecule has 0 radical (unpaired) electrons. The summed E-state index contributed by atoms with van der Waals surface area (Å²) in [6.07, 6.45) is -4.58. The molecule has 8 heteroatoms. The highest BCUT2D eigenvalue weighted by Crippen LogP contribution is 2.31. The van der Waals surface area contributed by atoms with Gasteiger partial charge in [0.05, 0.1) is 23.6 Å². The maximum atomic E-state index is 12.7. The molecule has 128 valence electrons. The zero-order valence-electron chi connectivity index (χ0n) is 12.8. The zero-order chi connectivity index (χ0) is 18.2. The molecule has 0 atom stereocenters. The Hall–Kier alpha value is -3.16. The van der Waals surface area contributed by atoms with Crippen LogP contribution >= 0.6 is 0 Å². The number of nitrogens with zero attached hydrogens (tertiary/aromatic N) is 1. The molecule has 0 aliphatic heterocycles. The second-order valence-electron chi connectivity index (χ2n) is 5.11. The van der Waals surface area contributed by atoms with Crippen molar-refractivity contribution in [3.8, 4) is 11.5 Å². The van der Waals surface area contributed by atoms with Crippen LogP contribution in [0.25, 0.3) is 22.4 Å². The summed E-state index contributed by atoms with van der Waals surface area (Å²) in [6, 6.07) is 8.59. The van der Waals surface area contributed by atoms with E-state index in [1.807, 2.05) is 0 Å². The summed E-state index contributed by atoms with van der Waals surface area (Å²) in [6.45, 7) is 0. The molecule has 0 spiro atoms. The predicted molar refractivity (Wildman–Crippen MR) is 82.1 cm³/mol. The number of fused-ring (bicyclic) bond motifs is 1. The predicted octanol–water partition coefficient (Wildman–Crippen LogP) is 3.66. The SMILES string of the molecule is COC(=O)c1cccc(-c2nc(=O)c3cc(C(F)(F)F)ccc3o2)c1.